The normalized spacial score (nSPS) is 13.2. The maximum Gasteiger partial charge on any atom is 0.249 e. The van der Waals surface area contributed by atoms with Crippen molar-refractivity contribution in [3.8, 4) is 5.95 Å². The fourth-order valence-corrected chi connectivity index (χ4v) is 4.53. The zero-order valence-corrected chi connectivity index (χ0v) is 18.6. The van der Waals surface area contributed by atoms with E-state index in [4.69, 9.17) is 15.7 Å². The smallest absolute Gasteiger partial charge is 0.249 e. The summed E-state index contributed by atoms with van der Waals surface area (Å²) in [6, 6.07) is 13.9. The van der Waals surface area contributed by atoms with Crippen molar-refractivity contribution in [3.63, 3.8) is 0 Å². The van der Waals surface area contributed by atoms with Crippen LogP contribution in [-0.2, 0) is 13.0 Å². The molecule has 168 valence electrons. The number of nitrogens with zero attached hydrogens (tertiary/aromatic N) is 4. The van der Waals surface area contributed by atoms with Crippen molar-refractivity contribution in [2.45, 2.75) is 26.3 Å². The highest BCUT2D eigenvalue weighted by molar-refractivity contribution is 6.06. The molecule has 1 aliphatic heterocycles. The van der Waals surface area contributed by atoms with Crippen molar-refractivity contribution < 1.29 is 9.18 Å². The number of carbonyl (C=O) groups is 1. The van der Waals surface area contributed by atoms with Gasteiger partial charge in [-0.05, 0) is 55.7 Å². The fraction of sp³-hybridized carbons (Fsp3) is 0.240. The van der Waals surface area contributed by atoms with E-state index in [1.807, 2.05) is 42.8 Å². The minimum Gasteiger partial charge on any atom is -0.366 e. The molecule has 0 bridgehead atoms. The molecule has 2 aromatic carbocycles. The van der Waals surface area contributed by atoms with Gasteiger partial charge >= 0.3 is 0 Å². The summed E-state index contributed by atoms with van der Waals surface area (Å²) in [5, 5.41) is 4.17. The lowest BCUT2D eigenvalue weighted by Crippen LogP contribution is -2.28. The van der Waals surface area contributed by atoms with E-state index in [0.29, 0.717) is 18.1 Å². The molecular weight excluding hydrogens is 419 g/mol. The number of halogens is 1. The van der Waals surface area contributed by atoms with Crippen LogP contribution in [0.1, 0.15) is 33.6 Å². The van der Waals surface area contributed by atoms with Crippen LogP contribution in [0, 0.1) is 12.7 Å². The van der Waals surface area contributed by atoms with E-state index in [1.165, 1.54) is 12.1 Å². The van der Waals surface area contributed by atoms with E-state index in [-0.39, 0.29) is 5.82 Å². The molecule has 4 aromatic rings. The van der Waals surface area contributed by atoms with Crippen LogP contribution in [0.4, 0.5) is 16.0 Å². The van der Waals surface area contributed by atoms with E-state index < -0.39 is 5.91 Å². The molecule has 33 heavy (non-hydrogen) atoms. The number of hydrogen-bond acceptors (Lipinski definition) is 5. The highest BCUT2D eigenvalue weighted by atomic mass is 19.1. The minimum absolute atomic E-state index is 0.265. The second-order valence-corrected chi connectivity index (χ2v) is 8.41. The minimum atomic E-state index is -0.471. The molecule has 5 rings (SSSR count). The number of aryl methyl sites for hydroxylation is 1. The van der Waals surface area contributed by atoms with Crippen molar-refractivity contribution in [1.82, 2.24) is 14.5 Å². The molecule has 0 saturated heterocycles. The van der Waals surface area contributed by atoms with Gasteiger partial charge in [-0.1, -0.05) is 18.2 Å². The van der Waals surface area contributed by atoms with Crippen molar-refractivity contribution in [3.05, 3.63) is 76.7 Å². The Labute approximate surface area is 191 Å². The number of aromatic nitrogens is 3. The lowest BCUT2D eigenvalue weighted by Gasteiger charge is -2.28. The van der Waals surface area contributed by atoms with Crippen LogP contribution in [-0.4, -0.2) is 34.0 Å². The number of rotatable bonds is 5. The average molecular weight is 445 g/mol. The third-order valence-corrected chi connectivity index (χ3v) is 6.10. The van der Waals surface area contributed by atoms with Crippen molar-refractivity contribution >= 4 is 28.4 Å². The van der Waals surface area contributed by atoms with Gasteiger partial charge < -0.3 is 16.0 Å². The van der Waals surface area contributed by atoms with E-state index in [9.17, 15) is 9.18 Å². The van der Waals surface area contributed by atoms with Crippen LogP contribution in [0.15, 0.2) is 48.5 Å². The van der Waals surface area contributed by atoms with Gasteiger partial charge in [0.1, 0.15) is 17.5 Å². The number of primary amides is 1. The number of anilines is 2. The van der Waals surface area contributed by atoms with Crippen LogP contribution < -0.4 is 16.0 Å². The number of hydrogen-bond donors (Lipinski definition) is 2. The summed E-state index contributed by atoms with van der Waals surface area (Å²) in [5.74, 6) is 1.39. The molecule has 0 radical (unpaired) electrons. The van der Waals surface area contributed by atoms with Crippen LogP contribution >= 0.6 is 0 Å². The number of carbonyl (C=O) groups excluding carboxylic acids is 1. The van der Waals surface area contributed by atoms with Crippen molar-refractivity contribution in [1.29, 1.82) is 0 Å². The summed E-state index contributed by atoms with van der Waals surface area (Å²) in [7, 11) is 2.02. The highest BCUT2D eigenvalue weighted by Gasteiger charge is 2.23. The molecule has 0 saturated carbocycles. The molecule has 1 amide bonds. The predicted octanol–water partition coefficient (Wildman–Crippen LogP) is 3.96. The Bertz CT molecular complexity index is 1380. The lowest BCUT2D eigenvalue weighted by molar-refractivity contribution is 0.100. The molecule has 3 heterocycles. The maximum atomic E-state index is 13.7. The molecule has 0 spiro atoms. The Morgan fingerprint density at radius 1 is 1.18 bits per heavy atom. The molecule has 0 fully saturated rings. The standard InChI is InChI=1S/C25H25FN6O/c1-15-12-20-18(22(27)33)8-4-10-21(20)32(15)25-29-23(19-9-5-11-31(2)24(19)30-25)28-14-16-6-3-7-17(26)13-16/h3-4,6-8,10,12-13H,5,9,11,14H2,1-2H3,(H2,27,33)(H,28,29,30). The lowest BCUT2D eigenvalue weighted by atomic mass is 10.1. The van der Waals surface area contributed by atoms with Crippen molar-refractivity contribution in [2.24, 2.45) is 5.73 Å². The summed E-state index contributed by atoms with van der Waals surface area (Å²) >= 11 is 0. The van der Waals surface area contributed by atoms with Gasteiger partial charge in [-0.2, -0.15) is 9.97 Å². The Hall–Kier alpha value is -3.94. The first-order valence-corrected chi connectivity index (χ1v) is 10.9. The van der Waals surface area contributed by atoms with Gasteiger partial charge in [-0.15, -0.1) is 0 Å². The van der Waals surface area contributed by atoms with Gasteiger partial charge in [0, 0.05) is 42.3 Å². The SMILES string of the molecule is Cc1cc2c(C(N)=O)cccc2n1-c1nc(NCc2cccc(F)c2)c2c(n1)N(C)CCC2. The van der Waals surface area contributed by atoms with Gasteiger partial charge in [0.25, 0.3) is 0 Å². The van der Waals surface area contributed by atoms with E-state index in [0.717, 1.165) is 58.7 Å². The molecule has 0 aliphatic carbocycles. The van der Waals surface area contributed by atoms with Gasteiger partial charge in [0.2, 0.25) is 11.9 Å². The van der Waals surface area contributed by atoms with Gasteiger partial charge in [-0.3, -0.25) is 9.36 Å². The van der Waals surface area contributed by atoms with Crippen LogP contribution in [0.5, 0.6) is 0 Å². The highest BCUT2D eigenvalue weighted by Crippen LogP contribution is 2.33. The van der Waals surface area contributed by atoms with Gasteiger partial charge in [0.15, 0.2) is 0 Å². The number of nitrogens with two attached hydrogens (primary N) is 1. The third-order valence-electron chi connectivity index (χ3n) is 6.10. The van der Waals surface area contributed by atoms with E-state index in [1.54, 1.807) is 12.1 Å². The van der Waals surface area contributed by atoms with Gasteiger partial charge in [0.05, 0.1) is 5.52 Å². The summed E-state index contributed by atoms with van der Waals surface area (Å²) in [6.07, 6.45) is 1.87. The monoisotopic (exact) mass is 444 g/mol. The Morgan fingerprint density at radius 3 is 2.79 bits per heavy atom. The molecule has 2 aromatic heterocycles. The summed E-state index contributed by atoms with van der Waals surface area (Å²) < 4.78 is 15.6. The second-order valence-electron chi connectivity index (χ2n) is 8.41. The molecular formula is C25H25FN6O. The summed E-state index contributed by atoms with van der Waals surface area (Å²) in [5.41, 5.74) is 9.66. The van der Waals surface area contributed by atoms with Crippen LogP contribution in [0.3, 0.4) is 0 Å². The van der Waals surface area contributed by atoms with Gasteiger partial charge in [-0.25, -0.2) is 4.39 Å². The average Bonchev–Trinajstić information content (AvgIpc) is 3.13. The maximum absolute atomic E-state index is 13.7. The van der Waals surface area contributed by atoms with Crippen LogP contribution in [0.2, 0.25) is 0 Å². The summed E-state index contributed by atoms with van der Waals surface area (Å²) in [6.45, 7) is 3.31. The Kier molecular flexibility index (Phi) is 5.20. The zero-order valence-electron chi connectivity index (χ0n) is 18.6. The fourth-order valence-electron chi connectivity index (χ4n) is 4.53. The Balaban J connectivity index is 1.64. The topological polar surface area (TPSA) is 89.1 Å². The van der Waals surface area contributed by atoms with Crippen molar-refractivity contribution in [2.75, 3.05) is 23.8 Å². The van der Waals surface area contributed by atoms with E-state index >= 15 is 0 Å². The molecule has 3 N–H and O–H groups in total. The zero-order chi connectivity index (χ0) is 23.1. The molecule has 8 heteroatoms. The number of amides is 1. The summed E-state index contributed by atoms with van der Waals surface area (Å²) in [4.78, 5) is 23.9. The largest absolute Gasteiger partial charge is 0.366 e. The first kappa shape index (κ1) is 20.9. The Morgan fingerprint density at radius 2 is 2.00 bits per heavy atom. The number of fused-ring (bicyclic) bond motifs is 2. The first-order valence-electron chi connectivity index (χ1n) is 10.9. The predicted molar refractivity (Wildman–Crippen MR) is 127 cm³/mol. The molecule has 7 nitrogen and oxygen atoms in total. The quantitative estimate of drug-likeness (QED) is 0.486. The molecule has 0 unspecified atom stereocenters. The molecule has 1 aliphatic rings. The molecule has 0 atom stereocenters. The first-order chi connectivity index (χ1) is 15.9. The number of benzene rings is 2. The van der Waals surface area contributed by atoms with E-state index in [2.05, 4.69) is 10.2 Å². The van der Waals surface area contributed by atoms with Crippen LogP contribution in [0.25, 0.3) is 16.9 Å². The third kappa shape index (κ3) is 3.77. The second kappa shape index (κ2) is 8.20. The number of nitrogens with one attached hydrogen (secondary N) is 1.